The van der Waals surface area contributed by atoms with Crippen LogP contribution in [0.2, 0.25) is 0 Å². The molecule has 4 atom stereocenters. The summed E-state index contributed by atoms with van der Waals surface area (Å²) in [5, 5.41) is 5.35. The predicted octanol–water partition coefficient (Wildman–Crippen LogP) is -0.388. The zero-order chi connectivity index (χ0) is 12.4. The van der Waals surface area contributed by atoms with Gasteiger partial charge in [-0.2, -0.15) is 0 Å². The van der Waals surface area contributed by atoms with Gasteiger partial charge in [-0.3, -0.25) is 9.59 Å². The van der Waals surface area contributed by atoms with Gasteiger partial charge in [0.15, 0.2) is 0 Å². The minimum absolute atomic E-state index is 0.0111. The number of hydrogen-bond acceptors (Lipinski definition) is 3. The van der Waals surface area contributed by atoms with Gasteiger partial charge in [0, 0.05) is 12.6 Å². The van der Waals surface area contributed by atoms with Crippen LogP contribution in [0.1, 0.15) is 26.2 Å². The maximum absolute atomic E-state index is 12.0. The van der Waals surface area contributed by atoms with Gasteiger partial charge in [0.05, 0.1) is 12.5 Å². The third-order valence-corrected chi connectivity index (χ3v) is 4.08. The molecular weight excluding hydrogens is 218 g/mol. The molecule has 0 aromatic rings. The Bertz CT molecular complexity index is 317. The number of fused-ring (bicyclic) bond motifs is 2. The van der Waals surface area contributed by atoms with E-state index in [4.69, 9.17) is 5.73 Å². The summed E-state index contributed by atoms with van der Waals surface area (Å²) in [5.74, 6) is 0.682. The Morgan fingerprint density at radius 3 is 2.53 bits per heavy atom. The molecule has 0 spiro atoms. The van der Waals surface area contributed by atoms with Crippen molar-refractivity contribution < 1.29 is 9.59 Å². The van der Waals surface area contributed by atoms with E-state index in [-0.39, 0.29) is 30.3 Å². The van der Waals surface area contributed by atoms with E-state index in [2.05, 4.69) is 10.6 Å². The van der Waals surface area contributed by atoms with Crippen molar-refractivity contribution >= 4 is 11.8 Å². The van der Waals surface area contributed by atoms with Crippen LogP contribution < -0.4 is 16.4 Å². The summed E-state index contributed by atoms with van der Waals surface area (Å²) in [7, 11) is 0. The first-order valence-corrected chi connectivity index (χ1v) is 6.43. The largest absolute Gasteiger partial charge is 0.355 e. The van der Waals surface area contributed by atoms with Crippen LogP contribution in [0, 0.1) is 17.8 Å². The molecule has 0 heterocycles. The number of nitrogens with one attached hydrogen (secondary N) is 2. The van der Waals surface area contributed by atoms with Gasteiger partial charge in [-0.25, -0.2) is 0 Å². The SMILES string of the molecule is CCNC(=O)CNC(=O)C1C2CCC(C2)C1N. The van der Waals surface area contributed by atoms with E-state index in [0.29, 0.717) is 18.4 Å². The van der Waals surface area contributed by atoms with E-state index in [1.807, 2.05) is 6.92 Å². The van der Waals surface area contributed by atoms with E-state index in [1.54, 1.807) is 0 Å². The normalized spacial score (nSPS) is 34.7. The number of amides is 2. The van der Waals surface area contributed by atoms with Crippen molar-refractivity contribution in [1.82, 2.24) is 10.6 Å². The van der Waals surface area contributed by atoms with Crippen LogP contribution in [-0.2, 0) is 9.59 Å². The minimum atomic E-state index is -0.141. The lowest BCUT2D eigenvalue weighted by Crippen LogP contribution is -2.47. The van der Waals surface area contributed by atoms with Crippen LogP contribution in [0.3, 0.4) is 0 Å². The zero-order valence-electron chi connectivity index (χ0n) is 10.2. The maximum atomic E-state index is 12.0. The number of carbonyl (C=O) groups is 2. The molecular formula is C12H21N3O2. The topological polar surface area (TPSA) is 84.2 Å². The van der Waals surface area contributed by atoms with Gasteiger partial charge in [-0.1, -0.05) is 0 Å². The highest BCUT2D eigenvalue weighted by molar-refractivity contribution is 5.86. The van der Waals surface area contributed by atoms with E-state index in [9.17, 15) is 9.59 Å². The second kappa shape index (κ2) is 5.04. The van der Waals surface area contributed by atoms with E-state index < -0.39 is 0 Å². The van der Waals surface area contributed by atoms with E-state index >= 15 is 0 Å². The van der Waals surface area contributed by atoms with Gasteiger partial charge < -0.3 is 16.4 Å². The molecule has 0 radical (unpaired) electrons. The van der Waals surface area contributed by atoms with Crippen molar-refractivity contribution in [2.45, 2.75) is 32.2 Å². The third-order valence-electron chi connectivity index (χ3n) is 4.08. The molecule has 2 saturated carbocycles. The summed E-state index contributed by atoms with van der Waals surface area (Å²) >= 11 is 0. The molecule has 2 fully saturated rings. The average Bonchev–Trinajstić information content (AvgIpc) is 2.86. The number of carbonyl (C=O) groups excluding carboxylic acids is 2. The Morgan fingerprint density at radius 1 is 1.24 bits per heavy atom. The fraction of sp³-hybridized carbons (Fsp3) is 0.833. The summed E-state index contributed by atoms with van der Waals surface area (Å²) in [4.78, 5) is 23.2. The first kappa shape index (κ1) is 12.4. The minimum Gasteiger partial charge on any atom is -0.355 e. The van der Waals surface area contributed by atoms with Gasteiger partial charge in [0.1, 0.15) is 0 Å². The molecule has 4 unspecified atom stereocenters. The molecule has 17 heavy (non-hydrogen) atoms. The molecule has 5 nitrogen and oxygen atoms in total. The summed E-state index contributed by atoms with van der Waals surface area (Å²) in [6.45, 7) is 2.50. The van der Waals surface area contributed by atoms with Crippen LogP contribution in [0.5, 0.6) is 0 Å². The lowest BCUT2D eigenvalue weighted by atomic mass is 9.84. The summed E-state index contributed by atoms with van der Waals surface area (Å²) < 4.78 is 0. The van der Waals surface area contributed by atoms with Crippen molar-refractivity contribution in [2.75, 3.05) is 13.1 Å². The van der Waals surface area contributed by atoms with Crippen molar-refractivity contribution in [3.8, 4) is 0 Å². The molecule has 2 aliphatic rings. The molecule has 0 aromatic carbocycles. The maximum Gasteiger partial charge on any atom is 0.239 e. The third kappa shape index (κ3) is 2.44. The Kier molecular flexibility index (Phi) is 3.66. The molecule has 0 saturated heterocycles. The number of likely N-dealkylation sites (N-methyl/N-ethyl adjacent to an activating group) is 1. The monoisotopic (exact) mass is 239 g/mol. The second-order valence-electron chi connectivity index (χ2n) is 5.11. The molecule has 2 aliphatic carbocycles. The predicted molar refractivity (Wildman–Crippen MR) is 64.0 cm³/mol. The standard InChI is InChI=1S/C12H21N3O2/c1-2-14-9(16)6-15-12(17)10-7-3-4-8(5-7)11(10)13/h7-8,10-11H,2-6,13H2,1H3,(H,14,16)(H,15,17). The van der Waals surface area contributed by atoms with E-state index in [1.165, 1.54) is 0 Å². The quantitative estimate of drug-likeness (QED) is 0.625. The number of rotatable bonds is 4. The van der Waals surface area contributed by atoms with Crippen LogP contribution in [0.25, 0.3) is 0 Å². The second-order valence-corrected chi connectivity index (χ2v) is 5.11. The van der Waals surface area contributed by atoms with Crippen LogP contribution in [-0.4, -0.2) is 30.9 Å². The fourth-order valence-corrected chi connectivity index (χ4v) is 3.27. The van der Waals surface area contributed by atoms with Gasteiger partial charge in [-0.05, 0) is 38.0 Å². The molecule has 4 N–H and O–H groups in total. The molecule has 0 aromatic heterocycles. The molecule has 0 aliphatic heterocycles. The van der Waals surface area contributed by atoms with Crippen LogP contribution in [0.15, 0.2) is 0 Å². The molecule has 2 bridgehead atoms. The Morgan fingerprint density at radius 2 is 1.94 bits per heavy atom. The highest BCUT2D eigenvalue weighted by atomic mass is 16.2. The van der Waals surface area contributed by atoms with Crippen molar-refractivity contribution in [3.05, 3.63) is 0 Å². The Hall–Kier alpha value is -1.10. The number of nitrogens with two attached hydrogens (primary N) is 1. The lowest BCUT2D eigenvalue weighted by molar-refractivity contribution is -0.130. The molecule has 2 rings (SSSR count). The summed E-state index contributed by atoms with van der Waals surface area (Å²) in [5.41, 5.74) is 6.07. The summed E-state index contributed by atoms with van der Waals surface area (Å²) in [6.07, 6.45) is 3.35. The first-order valence-electron chi connectivity index (χ1n) is 6.43. The first-order chi connectivity index (χ1) is 8.13. The van der Waals surface area contributed by atoms with Gasteiger partial charge in [-0.15, -0.1) is 0 Å². The van der Waals surface area contributed by atoms with E-state index in [0.717, 1.165) is 19.3 Å². The Balaban J connectivity index is 1.82. The zero-order valence-corrected chi connectivity index (χ0v) is 10.2. The fourth-order valence-electron chi connectivity index (χ4n) is 3.27. The molecule has 2 amide bonds. The average molecular weight is 239 g/mol. The molecule has 5 heteroatoms. The highest BCUT2D eigenvalue weighted by Gasteiger charge is 2.48. The van der Waals surface area contributed by atoms with Gasteiger partial charge in [0.25, 0.3) is 0 Å². The number of hydrogen-bond donors (Lipinski definition) is 3. The van der Waals surface area contributed by atoms with Gasteiger partial charge >= 0.3 is 0 Å². The van der Waals surface area contributed by atoms with Crippen molar-refractivity contribution in [3.63, 3.8) is 0 Å². The van der Waals surface area contributed by atoms with Crippen molar-refractivity contribution in [1.29, 1.82) is 0 Å². The lowest BCUT2D eigenvalue weighted by Gasteiger charge is -2.26. The van der Waals surface area contributed by atoms with Gasteiger partial charge in [0.2, 0.25) is 11.8 Å². The molecule has 96 valence electrons. The summed E-state index contributed by atoms with van der Waals surface area (Å²) in [6, 6.07) is -0.0111. The highest BCUT2D eigenvalue weighted by Crippen LogP contribution is 2.47. The van der Waals surface area contributed by atoms with Crippen molar-refractivity contribution in [2.24, 2.45) is 23.5 Å². The van der Waals surface area contributed by atoms with Crippen LogP contribution in [0.4, 0.5) is 0 Å². The smallest absolute Gasteiger partial charge is 0.239 e. The Labute approximate surface area is 102 Å². The van der Waals surface area contributed by atoms with Crippen LogP contribution >= 0.6 is 0 Å².